The van der Waals surface area contributed by atoms with Gasteiger partial charge >= 0.3 is 6.18 Å². The third-order valence-electron chi connectivity index (χ3n) is 7.47. The van der Waals surface area contributed by atoms with Crippen molar-refractivity contribution in [3.8, 4) is 0 Å². The standard InChI is InChI=1S/C21H24ClF3N4OS/c1-11(20-6-12-2-13(7-20)4-14(3-12)8-20)26-17(30)10-31-19-28-27-18-16(22)5-15(9-29(18)19)21(23,24)25/h5,9,11-14H,2-4,6-8,10H2,1H3,(H,26,30). The van der Waals surface area contributed by atoms with Gasteiger partial charge in [-0.05, 0) is 74.7 Å². The molecule has 31 heavy (non-hydrogen) atoms. The summed E-state index contributed by atoms with van der Waals surface area (Å²) in [5.41, 5.74) is -0.544. The van der Waals surface area contributed by atoms with Crippen molar-refractivity contribution in [1.82, 2.24) is 19.9 Å². The van der Waals surface area contributed by atoms with Crippen molar-refractivity contribution in [2.24, 2.45) is 23.2 Å². The third-order valence-corrected chi connectivity index (χ3v) is 8.69. The van der Waals surface area contributed by atoms with E-state index in [1.165, 1.54) is 42.9 Å². The molecule has 4 bridgehead atoms. The summed E-state index contributed by atoms with van der Waals surface area (Å²) < 4.78 is 40.6. The molecule has 168 valence electrons. The lowest BCUT2D eigenvalue weighted by Gasteiger charge is -2.59. The van der Waals surface area contributed by atoms with Crippen LogP contribution in [0.4, 0.5) is 13.2 Å². The summed E-state index contributed by atoms with van der Waals surface area (Å²) in [6.07, 6.45) is 4.01. The third kappa shape index (κ3) is 3.92. The molecule has 1 amide bonds. The highest BCUT2D eigenvalue weighted by molar-refractivity contribution is 7.99. The number of hydrogen-bond donors (Lipinski definition) is 1. The van der Waals surface area contributed by atoms with Crippen molar-refractivity contribution in [3.63, 3.8) is 0 Å². The van der Waals surface area contributed by atoms with Crippen molar-refractivity contribution in [3.05, 3.63) is 22.8 Å². The zero-order chi connectivity index (χ0) is 22.0. The Hall–Kier alpha value is -1.48. The zero-order valence-electron chi connectivity index (χ0n) is 17.1. The summed E-state index contributed by atoms with van der Waals surface area (Å²) in [5.74, 6) is 2.33. The second-order valence-corrected chi connectivity index (χ2v) is 11.0. The van der Waals surface area contributed by atoms with Gasteiger partial charge in [0.15, 0.2) is 10.8 Å². The predicted molar refractivity (Wildman–Crippen MR) is 112 cm³/mol. The number of alkyl halides is 3. The highest BCUT2D eigenvalue weighted by Gasteiger charge is 2.53. The molecule has 1 atom stereocenters. The van der Waals surface area contributed by atoms with Gasteiger partial charge < -0.3 is 5.32 Å². The first-order valence-corrected chi connectivity index (χ1v) is 12.0. The van der Waals surface area contributed by atoms with E-state index in [2.05, 4.69) is 22.4 Å². The van der Waals surface area contributed by atoms with E-state index in [0.29, 0.717) is 0 Å². The number of nitrogens with one attached hydrogen (secondary N) is 1. The highest BCUT2D eigenvalue weighted by atomic mass is 35.5. The van der Waals surface area contributed by atoms with Gasteiger partial charge in [-0.15, -0.1) is 10.2 Å². The van der Waals surface area contributed by atoms with E-state index in [0.717, 1.165) is 41.8 Å². The van der Waals surface area contributed by atoms with Crippen LogP contribution in [0.3, 0.4) is 0 Å². The molecule has 0 radical (unpaired) electrons. The Morgan fingerprint density at radius 1 is 1.26 bits per heavy atom. The number of carbonyl (C=O) groups excluding carboxylic acids is 1. The maximum absolute atomic E-state index is 13.1. The number of thioether (sulfide) groups is 1. The minimum atomic E-state index is -4.53. The molecular formula is C21H24ClF3N4OS. The summed E-state index contributed by atoms with van der Waals surface area (Å²) >= 11 is 7.01. The second-order valence-electron chi connectivity index (χ2n) is 9.61. The number of hydrogen-bond acceptors (Lipinski definition) is 4. The smallest absolute Gasteiger partial charge is 0.352 e. The van der Waals surface area contributed by atoms with Gasteiger partial charge in [0.05, 0.1) is 16.3 Å². The van der Waals surface area contributed by atoms with Crippen LogP contribution in [-0.4, -0.2) is 32.3 Å². The van der Waals surface area contributed by atoms with Crippen LogP contribution in [0.1, 0.15) is 51.0 Å². The molecule has 4 saturated carbocycles. The molecule has 1 N–H and O–H groups in total. The average Bonchev–Trinajstić information content (AvgIpc) is 3.08. The number of aromatic nitrogens is 3. The molecule has 0 saturated heterocycles. The Morgan fingerprint density at radius 2 is 1.87 bits per heavy atom. The molecular weight excluding hydrogens is 449 g/mol. The number of fused-ring (bicyclic) bond motifs is 1. The minimum Gasteiger partial charge on any atom is -0.352 e. The van der Waals surface area contributed by atoms with Crippen LogP contribution in [0.25, 0.3) is 5.65 Å². The van der Waals surface area contributed by atoms with E-state index >= 15 is 0 Å². The summed E-state index contributed by atoms with van der Waals surface area (Å²) in [6.45, 7) is 2.11. The van der Waals surface area contributed by atoms with E-state index in [4.69, 9.17) is 11.6 Å². The topological polar surface area (TPSA) is 59.3 Å². The molecule has 10 heteroatoms. The Bertz CT molecular complexity index is 989. The van der Waals surface area contributed by atoms with Crippen LogP contribution in [-0.2, 0) is 11.0 Å². The first kappa shape index (κ1) is 21.4. The van der Waals surface area contributed by atoms with Crippen LogP contribution >= 0.6 is 23.4 Å². The van der Waals surface area contributed by atoms with Gasteiger partial charge in [0, 0.05) is 12.2 Å². The summed E-state index contributed by atoms with van der Waals surface area (Å²) in [5, 5.41) is 11.0. The maximum atomic E-state index is 13.1. The molecule has 4 aliphatic carbocycles. The van der Waals surface area contributed by atoms with Gasteiger partial charge in [-0.25, -0.2) is 0 Å². The van der Waals surface area contributed by atoms with E-state index in [1.54, 1.807) is 0 Å². The number of amides is 1. The van der Waals surface area contributed by atoms with Crippen molar-refractivity contribution in [2.75, 3.05) is 5.75 Å². The molecule has 2 heterocycles. The molecule has 4 aliphatic rings. The second kappa shape index (κ2) is 7.54. The Kier molecular flexibility index (Phi) is 5.20. The van der Waals surface area contributed by atoms with E-state index in [9.17, 15) is 18.0 Å². The lowest BCUT2D eigenvalue weighted by Crippen LogP contribution is -2.56. The summed E-state index contributed by atoms with van der Waals surface area (Å²) in [4.78, 5) is 12.7. The molecule has 5 nitrogen and oxygen atoms in total. The van der Waals surface area contributed by atoms with E-state index in [-0.39, 0.29) is 38.9 Å². The largest absolute Gasteiger partial charge is 0.417 e. The van der Waals surface area contributed by atoms with Crippen molar-refractivity contribution >= 4 is 34.9 Å². The first-order chi connectivity index (χ1) is 14.6. The first-order valence-electron chi connectivity index (χ1n) is 10.7. The predicted octanol–water partition coefficient (Wildman–Crippen LogP) is 5.21. The quantitative estimate of drug-likeness (QED) is 0.606. The fourth-order valence-electron chi connectivity index (χ4n) is 6.46. The van der Waals surface area contributed by atoms with Gasteiger partial charge in [-0.3, -0.25) is 9.20 Å². The number of carbonyl (C=O) groups is 1. The molecule has 0 spiro atoms. The van der Waals surface area contributed by atoms with Gasteiger partial charge in [0.25, 0.3) is 0 Å². The zero-order valence-corrected chi connectivity index (χ0v) is 18.7. The molecule has 2 aromatic heterocycles. The molecule has 6 rings (SSSR count). The van der Waals surface area contributed by atoms with Gasteiger partial charge in [0.1, 0.15) is 0 Å². The summed E-state index contributed by atoms with van der Waals surface area (Å²) in [6, 6.07) is 0.926. The van der Waals surface area contributed by atoms with Gasteiger partial charge in [-0.2, -0.15) is 13.2 Å². The summed E-state index contributed by atoms with van der Waals surface area (Å²) in [7, 11) is 0. The lowest BCUT2D eigenvalue weighted by atomic mass is 9.48. The van der Waals surface area contributed by atoms with Crippen LogP contribution in [0.15, 0.2) is 17.4 Å². The number of pyridine rings is 1. The monoisotopic (exact) mass is 472 g/mol. The maximum Gasteiger partial charge on any atom is 0.417 e. The fraction of sp³-hybridized carbons (Fsp3) is 0.667. The van der Waals surface area contributed by atoms with Crippen LogP contribution in [0.5, 0.6) is 0 Å². The molecule has 2 aromatic rings. The molecule has 0 aromatic carbocycles. The fourth-order valence-corrected chi connectivity index (χ4v) is 7.43. The van der Waals surface area contributed by atoms with Crippen molar-refractivity contribution in [1.29, 1.82) is 0 Å². The lowest BCUT2D eigenvalue weighted by molar-refractivity contribution is -0.137. The Labute approximate surface area is 187 Å². The van der Waals surface area contributed by atoms with Crippen LogP contribution < -0.4 is 5.32 Å². The van der Waals surface area contributed by atoms with Gasteiger partial charge in [0.2, 0.25) is 5.91 Å². The average molecular weight is 473 g/mol. The number of nitrogens with zero attached hydrogens (tertiary/aromatic N) is 3. The van der Waals surface area contributed by atoms with Crippen molar-refractivity contribution in [2.45, 2.75) is 62.8 Å². The number of rotatable bonds is 5. The molecule has 1 unspecified atom stereocenters. The highest BCUT2D eigenvalue weighted by Crippen LogP contribution is 2.61. The van der Waals surface area contributed by atoms with E-state index in [1.807, 2.05) is 0 Å². The van der Waals surface area contributed by atoms with E-state index < -0.39 is 11.7 Å². The minimum absolute atomic E-state index is 0.0609. The van der Waals surface area contributed by atoms with Crippen molar-refractivity contribution < 1.29 is 18.0 Å². The normalized spacial score (nSPS) is 30.7. The molecule has 0 aliphatic heterocycles. The number of halogens is 4. The molecule has 4 fully saturated rings. The van der Waals surface area contributed by atoms with Crippen LogP contribution in [0.2, 0.25) is 5.02 Å². The SMILES string of the molecule is CC(NC(=O)CSc1nnc2c(Cl)cc(C(F)(F)F)cn12)C12CC3CC(CC(C3)C1)C2. The van der Waals surface area contributed by atoms with Crippen LogP contribution in [0, 0.1) is 23.2 Å². The Morgan fingerprint density at radius 3 is 2.45 bits per heavy atom. The van der Waals surface area contributed by atoms with Gasteiger partial charge in [-0.1, -0.05) is 23.4 Å². The Balaban J connectivity index is 1.26.